The second-order valence-corrected chi connectivity index (χ2v) is 21.5. The van der Waals surface area contributed by atoms with Crippen molar-refractivity contribution < 1.29 is 24.2 Å². The second-order valence-electron chi connectivity index (χ2n) is 21.5. The number of allylic oxidation sites excluding steroid dienone is 4. The number of aliphatic hydroxyl groups excluding tert-OH is 1. The van der Waals surface area contributed by atoms with Crippen molar-refractivity contribution >= 4 is 11.9 Å². The van der Waals surface area contributed by atoms with Gasteiger partial charge in [0.25, 0.3) is 0 Å². The van der Waals surface area contributed by atoms with E-state index in [4.69, 9.17) is 9.47 Å². The van der Waals surface area contributed by atoms with Gasteiger partial charge in [-0.05, 0) is 44.9 Å². The average molecular weight is 972 g/mol. The van der Waals surface area contributed by atoms with Crippen molar-refractivity contribution in [2.24, 2.45) is 0 Å². The van der Waals surface area contributed by atoms with Gasteiger partial charge in [-0.1, -0.05) is 321 Å². The molecule has 0 amide bonds. The number of hydrogen-bond acceptors (Lipinski definition) is 5. The summed E-state index contributed by atoms with van der Waals surface area (Å²) in [6.07, 6.45) is 77.7. The third-order valence-corrected chi connectivity index (χ3v) is 14.5. The summed E-state index contributed by atoms with van der Waals surface area (Å²) in [6, 6.07) is 0. The zero-order valence-electron chi connectivity index (χ0n) is 46.9. The topological polar surface area (TPSA) is 72.8 Å². The maximum absolute atomic E-state index is 12.3. The lowest BCUT2D eigenvalue weighted by molar-refractivity contribution is -0.161. The Morgan fingerprint density at radius 3 is 0.884 bits per heavy atom. The molecular formula is C64H122O5. The normalized spacial score (nSPS) is 12.2. The molecule has 0 aromatic heterocycles. The van der Waals surface area contributed by atoms with Crippen LogP contribution < -0.4 is 0 Å². The fourth-order valence-electron chi connectivity index (χ4n) is 9.77. The van der Waals surface area contributed by atoms with Crippen LogP contribution in [0.5, 0.6) is 0 Å². The molecule has 0 aliphatic carbocycles. The van der Waals surface area contributed by atoms with Gasteiger partial charge >= 0.3 is 11.9 Å². The van der Waals surface area contributed by atoms with Crippen LogP contribution in [0.2, 0.25) is 0 Å². The first kappa shape index (κ1) is 67.4. The number of esters is 2. The van der Waals surface area contributed by atoms with Crippen molar-refractivity contribution in [1.29, 1.82) is 0 Å². The van der Waals surface area contributed by atoms with Crippen LogP contribution in [0, 0.1) is 0 Å². The minimum absolute atomic E-state index is 0.0619. The van der Waals surface area contributed by atoms with E-state index in [1.807, 2.05) is 0 Å². The van der Waals surface area contributed by atoms with Crippen LogP contribution in [0.25, 0.3) is 0 Å². The zero-order chi connectivity index (χ0) is 49.9. The highest BCUT2D eigenvalue weighted by Crippen LogP contribution is 2.18. The van der Waals surface area contributed by atoms with Crippen molar-refractivity contribution in [1.82, 2.24) is 0 Å². The summed E-state index contributed by atoms with van der Waals surface area (Å²) < 4.78 is 10.7. The Morgan fingerprint density at radius 2 is 0.580 bits per heavy atom. The Kier molecular flexibility index (Phi) is 59.3. The molecule has 0 aliphatic heterocycles. The molecule has 0 radical (unpaired) electrons. The highest BCUT2D eigenvalue weighted by Gasteiger charge is 2.16. The Hall–Kier alpha value is -1.62. The molecule has 0 rings (SSSR count). The molecule has 5 nitrogen and oxygen atoms in total. The lowest BCUT2D eigenvalue weighted by Crippen LogP contribution is -2.28. The summed E-state index contributed by atoms with van der Waals surface area (Å²) in [7, 11) is 0. The van der Waals surface area contributed by atoms with Gasteiger partial charge in [-0.2, -0.15) is 0 Å². The van der Waals surface area contributed by atoms with Gasteiger partial charge in [0.1, 0.15) is 6.61 Å². The maximum Gasteiger partial charge on any atom is 0.306 e. The van der Waals surface area contributed by atoms with Gasteiger partial charge in [-0.25, -0.2) is 0 Å². The molecule has 0 aromatic rings. The van der Waals surface area contributed by atoms with E-state index in [0.29, 0.717) is 12.8 Å². The van der Waals surface area contributed by atoms with Crippen molar-refractivity contribution in [2.75, 3.05) is 13.2 Å². The summed E-state index contributed by atoms with van der Waals surface area (Å²) in [4.78, 5) is 24.5. The monoisotopic (exact) mass is 971 g/mol. The van der Waals surface area contributed by atoms with Gasteiger partial charge in [0.2, 0.25) is 0 Å². The first-order chi connectivity index (χ1) is 34.1. The van der Waals surface area contributed by atoms with Crippen LogP contribution in [0.3, 0.4) is 0 Å². The van der Waals surface area contributed by atoms with E-state index in [2.05, 4.69) is 38.2 Å². The SMILES string of the molecule is CCCCC/C=C\C/C=C\CCCCCCCCCCCC(=O)OC(CO)COC(=O)CCCCCCCCCCCCCCCCCCCCCCCCCCCCCCCCCCCCCC. The summed E-state index contributed by atoms with van der Waals surface area (Å²) in [5.41, 5.74) is 0. The first-order valence-electron chi connectivity index (χ1n) is 31.4. The lowest BCUT2D eigenvalue weighted by atomic mass is 10.0. The molecule has 5 heteroatoms. The fraction of sp³-hybridized carbons (Fsp3) is 0.906. The predicted octanol–water partition coefficient (Wildman–Crippen LogP) is 21.3. The molecule has 0 fully saturated rings. The number of hydrogen-bond donors (Lipinski definition) is 1. The minimum Gasteiger partial charge on any atom is -0.462 e. The Morgan fingerprint density at radius 1 is 0.333 bits per heavy atom. The summed E-state index contributed by atoms with van der Waals surface area (Å²) in [5.74, 6) is -0.576. The maximum atomic E-state index is 12.3. The van der Waals surface area contributed by atoms with Crippen LogP contribution in [0.4, 0.5) is 0 Å². The van der Waals surface area contributed by atoms with Crippen LogP contribution in [-0.4, -0.2) is 36.4 Å². The number of aliphatic hydroxyl groups is 1. The largest absolute Gasteiger partial charge is 0.462 e. The lowest BCUT2D eigenvalue weighted by Gasteiger charge is -2.15. The Balaban J connectivity index is 3.36. The molecule has 1 atom stereocenters. The molecule has 408 valence electrons. The molecule has 0 saturated carbocycles. The highest BCUT2D eigenvalue weighted by molar-refractivity contribution is 5.70. The Labute approximate surface area is 432 Å². The van der Waals surface area contributed by atoms with Crippen molar-refractivity contribution in [3.05, 3.63) is 24.3 Å². The summed E-state index contributed by atoms with van der Waals surface area (Å²) in [6.45, 7) is 4.17. The molecule has 0 saturated heterocycles. The predicted molar refractivity (Wildman–Crippen MR) is 302 cm³/mol. The molecule has 1 unspecified atom stereocenters. The van der Waals surface area contributed by atoms with Crippen molar-refractivity contribution in [3.8, 4) is 0 Å². The molecule has 0 aliphatic rings. The number of rotatable bonds is 59. The van der Waals surface area contributed by atoms with Crippen LogP contribution in [-0.2, 0) is 19.1 Å². The Bertz CT molecular complexity index is 1050. The van der Waals surface area contributed by atoms with Gasteiger partial charge in [0.05, 0.1) is 6.61 Å². The zero-order valence-corrected chi connectivity index (χ0v) is 46.9. The van der Waals surface area contributed by atoms with E-state index in [9.17, 15) is 14.7 Å². The van der Waals surface area contributed by atoms with Crippen molar-refractivity contribution in [2.45, 2.75) is 360 Å². The third kappa shape index (κ3) is 58.8. The third-order valence-electron chi connectivity index (χ3n) is 14.5. The second kappa shape index (κ2) is 60.7. The summed E-state index contributed by atoms with van der Waals surface area (Å²) in [5, 5.41) is 9.66. The number of carbonyl (C=O) groups excluding carboxylic acids is 2. The first-order valence-corrected chi connectivity index (χ1v) is 31.4. The molecule has 0 heterocycles. The van der Waals surface area contributed by atoms with Crippen LogP contribution in [0.15, 0.2) is 24.3 Å². The highest BCUT2D eigenvalue weighted by atomic mass is 16.6. The van der Waals surface area contributed by atoms with E-state index >= 15 is 0 Å². The summed E-state index contributed by atoms with van der Waals surface area (Å²) >= 11 is 0. The van der Waals surface area contributed by atoms with E-state index in [1.165, 1.54) is 289 Å². The van der Waals surface area contributed by atoms with Gasteiger partial charge in [-0.3, -0.25) is 9.59 Å². The fourth-order valence-corrected chi connectivity index (χ4v) is 9.77. The quantitative estimate of drug-likeness (QED) is 0.0373. The average Bonchev–Trinajstić information content (AvgIpc) is 3.35. The molecule has 0 bridgehead atoms. The molecule has 0 spiro atoms. The number of carbonyl (C=O) groups is 2. The number of ether oxygens (including phenoxy) is 2. The molecule has 0 aromatic carbocycles. The van der Waals surface area contributed by atoms with Crippen LogP contribution >= 0.6 is 0 Å². The van der Waals surface area contributed by atoms with E-state index < -0.39 is 6.10 Å². The van der Waals surface area contributed by atoms with Gasteiger partial charge in [0, 0.05) is 12.8 Å². The molecule has 69 heavy (non-hydrogen) atoms. The van der Waals surface area contributed by atoms with Gasteiger partial charge in [-0.15, -0.1) is 0 Å². The standard InChI is InChI=1S/C64H122O5/c1-3-5-7-9-11-13-15-17-19-21-23-24-25-26-27-28-29-30-31-32-33-34-35-36-37-38-39-41-42-44-46-48-50-52-54-56-58-63(66)68-61-62(60-65)69-64(67)59-57-55-53-51-49-47-45-43-40-22-20-18-16-14-12-10-8-6-4-2/h12,14,18,20,62,65H,3-11,13,15-17,19,21-61H2,1-2H3/b14-12-,20-18-. The van der Waals surface area contributed by atoms with E-state index in [0.717, 1.165) is 38.5 Å². The van der Waals surface area contributed by atoms with Gasteiger partial charge in [0.15, 0.2) is 6.10 Å². The number of unbranched alkanes of at least 4 members (excludes halogenated alkanes) is 47. The van der Waals surface area contributed by atoms with E-state index in [1.54, 1.807) is 0 Å². The molecule has 1 N–H and O–H groups in total. The smallest absolute Gasteiger partial charge is 0.306 e. The van der Waals surface area contributed by atoms with Gasteiger partial charge < -0.3 is 14.6 Å². The minimum atomic E-state index is -0.771. The molecular weight excluding hydrogens is 849 g/mol. The van der Waals surface area contributed by atoms with Crippen molar-refractivity contribution in [3.63, 3.8) is 0 Å². The van der Waals surface area contributed by atoms with E-state index in [-0.39, 0.29) is 25.2 Å². The van der Waals surface area contributed by atoms with Crippen LogP contribution in [0.1, 0.15) is 354 Å².